The van der Waals surface area contributed by atoms with Gasteiger partial charge in [0.25, 0.3) is 0 Å². The minimum absolute atomic E-state index is 0.509. The summed E-state index contributed by atoms with van der Waals surface area (Å²) in [5.41, 5.74) is 9.03. The summed E-state index contributed by atoms with van der Waals surface area (Å²) in [7, 11) is 0. The fourth-order valence-electron chi connectivity index (χ4n) is 3.44. The van der Waals surface area contributed by atoms with E-state index in [4.69, 9.17) is 17.3 Å². The van der Waals surface area contributed by atoms with Gasteiger partial charge < -0.3 is 16.0 Å². The van der Waals surface area contributed by atoms with Crippen LogP contribution < -0.4 is 16.0 Å². The highest BCUT2D eigenvalue weighted by Crippen LogP contribution is 2.35. The fourth-order valence-corrected chi connectivity index (χ4v) is 3.64. The Labute approximate surface area is 175 Å². The molecule has 0 unspecified atom stereocenters. The summed E-state index contributed by atoms with van der Waals surface area (Å²) in [5.74, 6) is 1.27. The summed E-state index contributed by atoms with van der Waals surface area (Å²) < 4.78 is 0. The largest absolute Gasteiger partial charge is 0.393 e. The molecule has 6 heteroatoms. The Morgan fingerprint density at radius 3 is 2.55 bits per heavy atom. The Morgan fingerprint density at radius 1 is 0.966 bits per heavy atom. The molecule has 1 heterocycles. The topological polar surface area (TPSA) is 67.1 Å². The molecule has 0 saturated heterocycles. The first-order valence-corrected chi connectivity index (χ1v) is 9.90. The SMILES string of the molecule is CCN(c1ncnc(NCc2ccccc2Cl)c1N)c1cccc2ccccc12. The summed E-state index contributed by atoms with van der Waals surface area (Å²) in [5, 5.41) is 6.33. The first kappa shape index (κ1) is 19.0. The van der Waals surface area contributed by atoms with Crippen LogP contribution in [0, 0.1) is 0 Å². The highest BCUT2D eigenvalue weighted by Gasteiger charge is 2.17. The third-order valence-electron chi connectivity index (χ3n) is 4.90. The number of aromatic nitrogens is 2. The van der Waals surface area contributed by atoms with Crippen molar-refractivity contribution in [2.45, 2.75) is 13.5 Å². The van der Waals surface area contributed by atoms with Gasteiger partial charge in [0.2, 0.25) is 0 Å². The summed E-state index contributed by atoms with van der Waals surface area (Å²) in [6.45, 7) is 3.33. The maximum absolute atomic E-state index is 6.48. The van der Waals surface area contributed by atoms with Gasteiger partial charge in [0, 0.05) is 23.5 Å². The number of nitrogens with two attached hydrogens (primary N) is 1. The zero-order chi connectivity index (χ0) is 20.2. The van der Waals surface area contributed by atoms with Gasteiger partial charge in [-0.3, -0.25) is 0 Å². The van der Waals surface area contributed by atoms with E-state index < -0.39 is 0 Å². The van der Waals surface area contributed by atoms with Crippen molar-refractivity contribution in [2.24, 2.45) is 0 Å². The minimum Gasteiger partial charge on any atom is -0.393 e. The summed E-state index contributed by atoms with van der Waals surface area (Å²) >= 11 is 6.26. The molecule has 0 aliphatic rings. The molecule has 0 radical (unpaired) electrons. The van der Waals surface area contributed by atoms with Crippen LogP contribution in [-0.4, -0.2) is 16.5 Å². The van der Waals surface area contributed by atoms with Crippen LogP contribution >= 0.6 is 11.6 Å². The number of nitrogens with one attached hydrogen (secondary N) is 1. The number of anilines is 4. The molecule has 4 aromatic rings. The fraction of sp³-hybridized carbons (Fsp3) is 0.130. The molecule has 0 aliphatic heterocycles. The molecule has 0 aliphatic carbocycles. The Balaban J connectivity index is 1.69. The van der Waals surface area contributed by atoms with Crippen molar-refractivity contribution in [2.75, 3.05) is 22.5 Å². The van der Waals surface area contributed by atoms with Gasteiger partial charge in [-0.15, -0.1) is 0 Å². The van der Waals surface area contributed by atoms with Crippen molar-refractivity contribution in [3.05, 3.63) is 83.6 Å². The maximum Gasteiger partial charge on any atom is 0.161 e. The average Bonchev–Trinajstić information content (AvgIpc) is 2.76. The third-order valence-corrected chi connectivity index (χ3v) is 5.27. The Bertz CT molecular complexity index is 1140. The van der Waals surface area contributed by atoms with E-state index in [1.165, 1.54) is 11.7 Å². The normalized spacial score (nSPS) is 10.8. The third kappa shape index (κ3) is 3.82. The lowest BCUT2D eigenvalue weighted by Gasteiger charge is -2.25. The highest BCUT2D eigenvalue weighted by atomic mass is 35.5. The van der Waals surface area contributed by atoms with Crippen molar-refractivity contribution in [3.63, 3.8) is 0 Å². The molecular weight excluding hydrogens is 382 g/mol. The molecule has 0 bridgehead atoms. The molecule has 3 N–H and O–H groups in total. The van der Waals surface area contributed by atoms with Crippen LogP contribution in [0.1, 0.15) is 12.5 Å². The molecular formula is C23H22ClN5. The van der Waals surface area contributed by atoms with E-state index in [-0.39, 0.29) is 0 Å². The van der Waals surface area contributed by atoms with Gasteiger partial charge in [0.15, 0.2) is 11.6 Å². The molecule has 0 amide bonds. The first-order valence-electron chi connectivity index (χ1n) is 9.52. The molecule has 4 rings (SSSR count). The molecule has 146 valence electrons. The number of benzene rings is 3. The second-order valence-electron chi connectivity index (χ2n) is 6.65. The van der Waals surface area contributed by atoms with E-state index in [0.717, 1.165) is 23.2 Å². The average molecular weight is 404 g/mol. The molecule has 1 aromatic heterocycles. The number of hydrogen-bond acceptors (Lipinski definition) is 5. The standard InChI is InChI=1S/C23H22ClN5/c1-2-29(20-13-7-10-16-8-3-5-11-18(16)20)23-21(25)22(27-15-28-23)26-14-17-9-4-6-12-19(17)24/h3-13,15H,2,14,25H2,1H3,(H,26,27,28). The quantitative estimate of drug-likeness (QED) is 0.436. The molecule has 0 atom stereocenters. The Morgan fingerprint density at radius 2 is 1.72 bits per heavy atom. The number of nitrogens with zero attached hydrogens (tertiary/aromatic N) is 3. The second kappa shape index (κ2) is 8.37. The predicted octanol–water partition coefficient (Wildman–Crippen LogP) is 5.64. The van der Waals surface area contributed by atoms with E-state index >= 15 is 0 Å². The summed E-state index contributed by atoms with van der Waals surface area (Å²) in [4.78, 5) is 10.9. The maximum atomic E-state index is 6.48. The number of nitrogen functional groups attached to an aromatic ring is 1. The van der Waals surface area contributed by atoms with Gasteiger partial charge >= 0.3 is 0 Å². The van der Waals surface area contributed by atoms with Gasteiger partial charge in [-0.2, -0.15) is 0 Å². The minimum atomic E-state index is 0.509. The summed E-state index contributed by atoms with van der Waals surface area (Å²) in [6.07, 6.45) is 1.54. The van der Waals surface area contributed by atoms with E-state index in [1.807, 2.05) is 42.5 Å². The highest BCUT2D eigenvalue weighted by molar-refractivity contribution is 6.31. The van der Waals surface area contributed by atoms with Crippen LogP contribution in [0.25, 0.3) is 10.8 Å². The molecule has 0 fully saturated rings. The molecule has 29 heavy (non-hydrogen) atoms. The van der Waals surface area contributed by atoms with Gasteiger partial charge in [0.1, 0.15) is 12.0 Å². The Hall–Kier alpha value is -3.31. The van der Waals surface area contributed by atoms with Crippen LogP contribution in [0.4, 0.5) is 23.0 Å². The van der Waals surface area contributed by atoms with Crippen LogP contribution in [0.3, 0.4) is 0 Å². The zero-order valence-corrected chi connectivity index (χ0v) is 16.9. The van der Waals surface area contributed by atoms with Crippen LogP contribution in [0.15, 0.2) is 73.1 Å². The van der Waals surface area contributed by atoms with Crippen molar-refractivity contribution < 1.29 is 0 Å². The van der Waals surface area contributed by atoms with Gasteiger partial charge in [-0.05, 0) is 30.0 Å². The second-order valence-corrected chi connectivity index (χ2v) is 7.05. The van der Waals surface area contributed by atoms with Crippen molar-refractivity contribution in [1.29, 1.82) is 0 Å². The molecule has 5 nitrogen and oxygen atoms in total. The number of halogens is 1. The monoisotopic (exact) mass is 403 g/mol. The first-order chi connectivity index (χ1) is 14.2. The van der Waals surface area contributed by atoms with E-state index in [9.17, 15) is 0 Å². The smallest absolute Gasteiger partial charge is 0.161 e. The van der Waals surface area contributed by atoms with Crippen LogP contribution in [0.5, 0.6) is 0 Å². The van der Waals surface area contributed by atoms with Gasteiger partial charge in [-0.1, -0.05) is 66.2 Å². The molecule has 0 saturated carbocycles. The zero-order valence-electron chi connectivity index (χ0n) is 16.1. The number of fused-ring (bicyclic) bond motifs is 1. The van der Waals surface area contributed by atoms with E-state index in [1.54, 1.807) is 0 Å². The lowest BCUT2D eigenvalue weighted by atomic mass is 10.1. The molecule has 3 aromatic carbocycles. The number of hydrogen-bond donors (Lipinski definition) is 2. The predicted molar refractivity (Wildman–Crippen MR) is 122 cm³/mol. The lowest BCUT2D eigenvalue weighted by Crippen LogP contribution is -2.20. The van der Waals surface area contributed by atoms with Crippen molar-refractivity contribution >= 4 is 45.4 Å². The van der Waals surface area contributed by atoms with E-state index in [0.29, 0.717) is 28.9 Å². The van der Waals surface area contributed by atoms with Gasteiger partial charge in [-0.25, -0.2) is 9.97 Å². The Kier molecular flexibility index (Phi) is 5.49. The van der Waals surface area contributed by atoms with Crippen molar-refractivity contribution in [3.8, 4) is 0 Å². The van der Waals surface area contributed by atoms with Crippen LogP contribution in [0.2, 0.25) is 5.02 Å². The van der Waals surface area contributed by atoms with Crippen molar-refractivity contribution in [1.82, 2.24) is 9.97 Å². The number of rotatable bonds is 6. The lowest BCUT2D eigenvalue weighted by molar-refractivity contribution is 0.979. The van der Waals surface area contributed by atoms with Crippen LogP contribution in [-0.2, 0) is 6.54 Å². The van der Waals surface area contributed by atoms with Gasteiger partial charge in [0.05, 0.1) is 5.69 Å². The molecule has 0 spiro atoms. The summed E-state index contributed by atoms with van der Waals surface area (Å²) in [6, 6.07) is 22.2. The van der Waals surface area contributed by atoms with E-state index in [2.05, 4.69) is 51.4 Å².